The lowest BCUT2D eigenvalue weighted by Gasteiger charge is -2.18. The van der Waals surface area contributed by atoms with Gasteiger partial charge in [0.25, 0.3) is 0 Å². The molecule has 0 saturated carbocycles. The van der Waals surface area contributed by atoms with Crippen molar-refractivity contribution in [2.75, 3.05) is 30.4 Å². The van der Waals surface area contributed by atoms with Gasteiger partial charge in [0, 0.05) is 26.1 Å². The van der Waals surface area contributed by atoms with E-state index < -0.39 is 0 Å². The van der Waals surface area contributed by atoms with E-state index in [4.69, 9.17) is 5.84 Å². The van der Waals surface area contributed by atoms with Gasteiger partial charge in [0.2, 0.25) is 5.91 Å². The summed E-state index contributed by atoms with van der Waals surface area (Å²) in [5.41, 5.74) is 2.46. The lowest BCUT2D eigenvalue weighted by atomic mass is 10.3. The van der Waals surface area contributed by atoms with Crippen LogP contribution in [0.15, 0.2) is 10.8 Å². The quantitative estimate of drug-likeness (QED) is 0.513. The molecule has 0 aliphatic carbocycles. The number of rotatable bonds is 7. The Morgan fingerprint density at radius 3 is 2.58 bits per heavy atom. The summed E-state index contributed by atoms with van der Waals surface area (Å²) in [5.74, 6) is 6.54. The second kappa shape index (κ2) is 7.90. The number of nitrogens with zero attached hydrogens (tertiary/aromatic N) is 3. The number of hydrogen-bond donors (Lipinski definition) is 3. The van der Waals surface area contributed by atoms with Crippen LogP contribution in [0.4, 0.5) is 11.6 Å². The van der Waals surface area contributed by atoms with E-state index in [2.05, 4.69) is 36.6 Å². The Kier molecular flexibility index (Phi) is 6.51. The van der Waals surface area contributed by atoms with Crippen molar-refractivity contribution in [2.24, 2.45) is 5.84 Å². The largest absolute Gasteiger partial charge is 0.368 e. The zero-order valence-corrected chi connectivity index (χ0v) is 12.7. The molecule has 0 saturated heterocycles. The number of hydrogen-bond acceptors (Lipinski definition) is 6. The molecule has 1 amide bonds. The topological polar surface area (TPSA) is 96.2 Å². The van der Waals surface area contributed by atoms with E-state index in [-0.39, 0.29) is 5.91 Å². The van der Waals surface area contributed by atoms with Crippen molar-refractivity contribution in [2.45, 2.75) is 20.3 Å². The molecule has 0 atom stereocenters. The van der Waals surface area contributed by atoms with Crippen LogP contribution >= 0.6 is 15.9 Å². The average Bonchev–Trinajstić information content (AvgIpc) is 2.42. The van der Waals surface area contributed by atoms with Crippen LogP contribution < -0.4 is 16.6 Å². The summed E-state index contributed by atoms with van der Waals surface area (Å²) < 4.78 is 0.646. The molecule has 0 radical (unpaired) electrons. The number of nitrogens with two attached hydrogens (primary N) is 1. The van der Waals surface area contributed by atoms with Gasteiger partial charge in [-0.2, -0.15) is 0 Å². The highest BCUT2D eigenvalue weighted by Crippen LogP contribution is 2.25. The van der Waals surface area contributed by atoms with E-state index in [1.807, 2.05) is 13.8 Å². The van der Waals surface area contributed by atoms with E-state index in [1.165, 1.54) is 6.33 Å². The fourth-order valence-electron chi connectivity index (χ4n) is 1.62. The number of aromatic nitrogens is 2. The van der Waals surface area contributed by atoms with Gasteiger partial charge in [-0.1, -0.05) is 0 Å². The molecular weight excluding hydrogens is 312 g/mol. The molecule has 1 aromatic rings. The lowest BCUT2D eigenvalue weighted by molar-refractivity contribution is -0.130. The van der Waals surface area contributed by atoms with Crippen molar-refractivity contribution in [3.8, 4) is 0 Å². The molecule has 106 valence electrons. The molecule has 1 rings (SSSR count). The first-order valence-electron chi connectivity index (χ1n) is 6.12. The lowest BCUT2D eigenvalue weighted by Crippen LogP contribution is -2.31. The molecule has 7 nitrogen and oxygen atoms in total. The normalized spacial score (nSPS) is 10.1. The molecule has 0 aliphatic rings. The van der Waals surface area contributed by atoms with Gasteiger partial charge in [0.1, 0.15) is 16.6 Å². The summed E-state index contributed by atoms with van der Waals surface area (Å²) in [6.45, 7) is 5.90. The van der Waals surface area contributed by atoms with Gasteiger partial charge in [-0.25, -0.2) is 15.8 Å². The van der Waals surface area contributed by atoms with Crippen molar-refractivity contribution in [3.05, 3.63) is 10.8 Å². The zero-order valence-electron chi connectivity index (χ0n) is 11.1. The number of hydrazine groups is 1. The molecule has 0 spiro atoms. The molecule has 0 fully saturated rings. The van der Waals surface area contributed by atoms with Crippen LogP contribution in [0, 0.1) is 0 Å². The van der Waals surface area contributed by atoms with E-state index in [1.54, 1.807) is 4.90 Å². The standard InChI is InChI=1S/C11H19BrN6O/c1-3-18(4-2)8(19)5-6-14-10-9(12)11(17-13)16-7-15-10/h7H,3-6,13H2,1-2H3,(H2,14,15,16,17). The van der Waals surface area contributed by atoms with E-state index in [0.29, 0.717) is 29.1 Å². The number of nitrogen functional groups attached to an aromatic ring is 1. The fourth-order valence-corrected chi connectivity index (χ4v) is 2.08. The highest BCUT2D eigenvalue weighted by molar-refractivity contribution is 9.10. The molecule has 19 heavy (non-hydrogen) atoms. The van der Waals surface area contributed by atoms with E-state index in [9.17, 15) is 4.79 Å². The van der Waals surface area contributed by atoms with Crippen LogP contribution in [-0.2, 0) is 4.79 Å². The second-order valence-electron chi connectivity index (χ2n) is 3.77. The first-order chi connectivity index (χ1) is 9.13. The van der Waals surface area contributed by atoms with Gasteiger partial charge in [-0.05, 0) is 29.8 Å². The predicted octanol–water partition coefficient (Wildman–Crippen LogP) is 1.20. The highest BCUT2D eigenvalue weighted by Gasteiger charge is 2.10. The Hall–Kier alpha value is -1.41. The van der Waals surface area contributed by atoms with Crippen molar-refractivity contribution in [1.29, 1.82) is 0 Å². The zero-order chi connectivity index (χ0) is 14.3. The molecule has 0 bridgehead atoms. The maximum Gasteiger partial charge on any atom is 0.224 e. The fraction of sp³-hybridized carbons (Fsp3) is 0.545. The molecule has 0 unspecified atom stereocenters. The minimum absolute atomic E-state index is 0.125. The van der Waals surface area contributed by atoms with Crippen molar-refractivity contribution in [1.82, 2.24) is 14.9 Å². The summed E-state index contributed by atoms with van der Waals surface area (Å²) in [5, 5.41) is 3.08. The first-order valence-corrected chi connectivity index (χ1v) is 6.92. The molecule has 1 aromatic heterocycles. The molecule has 1 heterocycles. The summed E-state index contributed by atoms with van der Waals surface area (Å²) in [6.07, 6.45) is 1.82. The minimum Gasteiger partial charge on any atom is -0.368 e. The van der Waals surface area contributed by atoms with Crippen molar-refractivity contribution >= 4 is 33.5 Å². The number of anilines is 2. The summed E-state index contributed by atoms with van der Waals surface area (Å²) >= 11 is 3.34. The Morgan fingerprint density at radius 1 is 1.37 bits per heavy atom. The Morgan fingerprint density at radius 2 is 2.00 bits per heavy atom. The van der Waals surface area contributed by atoms with Gasteiger partial charge < -0.3 is 15.6 Å². The van der Waals surface area contributed by atoms with Crippen LogP contribution in [-0.4, -0.2) is 40.4 Å². The van der Waals surface area contributed by atoms with Crippen LogP contribution in [0.25, 0.3) is 0 Å². The molecule has 0 aliphatic heterocycles. The van der Waals surface area contributed by atoms with Gasteiger partial charge in [0.05, 0.1) is 0 Å². The van der Waals surface area contributed by atoms with Gasteiger partial charge in [0.15, 0.2) is 5.82 Å². The van der Waals surface area contributed by atoms with E-state index in [0.717, 1.165) is 13.1 Å². The summed E-state index contributed by atoms with van der Waals surface area (Å²) in [6, 6.07) is 0. The number of nitrogens with one attached hydrogen (secondary N) is 2. The van der Waals surface area contributed by atoms with Crippen molar-refractivity contribution in [3.63, 3.8) is 0 Å². The molecule has 0 aromatic carbocycles. The highest BCUT2D eigenvalue weighted by atomic mass is 79.9. The van der Waals surface area contributed by atoms with Crippen LogP contribution in [0.1, 0.15) is 20.3 Å². The van der Waals surface area contributed by atoms with Crippen LogP contribution in [0.3, 0.4) is 0 Å². The third-order valence-corrected chi connectivity index (χ3v) is 3.42. The smallest absolute Gasteiger partial charge is 0.224 e. The number of halogens is 1. The van der Waals surface area contributed by atoms with E-state index >= 15 is 0 Å². The van der Waals surface area contributed by atoms with Crippen molar-refractivity contribution < 1.29 is 4.79 Å². The van der Waals surface area contributed by atoms with Gasteiger partial charge in [-0.3, -0.25) is 4.79 Å². The SMILES string of the molecule is CCN(CC)C(=O)CCNc1ncnc(NN)c1Br. The monoisotopic (exact) mass is 330 g/mol. The minimum atomic E-state index is 0.125. The third-order valence-electron chi connectivity index (χ3n) is 2.67. The Bertz CT molecular complexity index is 424. The maximum absolute atomic E-state index is 11.8. The van der Waals surface area contributed by atoms with Crippen LogP contribution in [0.2, 0.25) is 0 Å². The van der Waals surface area contributed by atoms with Crippen LogP contribution in [0.5, 0.6) is 0 Å². The van der Waals surface area contributed by atoms with Gasteiger partial charge in [-0.15, -0.1) is 0 Å². The Labute approximate surface area is 121 Å². The molecule has 8 heteroatoms. The number of amides is 1. The summed E-state index contributed by atoms with van der Waals surface area (Å²) in [7, 11) is 0. The molecular formula is C11H19BrN6O. The second-order valence-corrected chi connectivity index (χ2v) is 4.57. The van der Waals surface area contributed by atoms with Gasteiger partial charge >= 0.3 is 0 Å². The summed E-state index contributed by atoms with van der Waals surface area (Å²) in [4.78, 5) is 21.6. The first kappa shape index (κ1) is 15.6. The maximum atomic E-state index is 11.8. The molecule has 4 N–H and O–H groups in total. The number of carbonyl (C=O) groups is 1. The third kappa shape index (κ3) is 4.32. The predicted molar refractivity (Wildman–Crippen MR) is 78.6 cm³/mol. The average molecular weight is 331 g/mol. The Balaban J connectivity index is 2.52. The number of carbonyl (C=O) groups excluding carboxylic acids is 1.